The first-order chi connectivity index (χ1) is 25.0. The summed E-state index contributed by atoms with van der Waals surface area (Å²) in [6, 6.07) is 61.6. The summed E-state index contributed by atoms with van der Waals surface area (Å²) in [5.41, 5.74) is 10.3. The highest BCUT2D eigenvalue weighted by Crippen LogP contribution is 2.38. The first kappa shape index (κ1) is 29.7. The maximum absolute atomic E-state index is 5.36. The minimum absolute atomic E-state index is 0.765. The lowest BCUT2D eigenvalue weighted by Crippen LogP contribution is -2.50. The fourth-order valence-electron chi connectivity index (χ4n) is 8.35. The number of fused-ring (bicyclic) bond motifs is 9. The minimum Gasteiger partial charge on any atom is -0.228 e. The van der Waals surface area contributed by atoms with E-state index in [9.17, 15) is 0 Å². The molecular weight excluding hydrogens is 633 g/mol. The van der Waals surface area contributed by atoms with Crippen molar-refractivity contribution in [3.05, 3.63) is 170 Å². The Kier molecular flexibility index (Phi) is 6.67. The van der Waals surface area contributed by atoms with Gasteiger partial charge >= 0.3 is 0 Å². The first-order valence-electron chi connectivity index (χ1n) is 17.7. The third-order valence-corrected chi connectivity index (χ3v) is 14.3. The SMILES string of the molecule is C[Si]1(C)c2ccccc2-c2nc(-c3cccc(-c4cccc(-c5ccc6c7ccccc7c7ccccc7c6c5)c4)c3)nc(-c3ccccc3)c21. The number of hydrogen-bond donors (Lipinski definition) is 0. The Labute approximate surface area is 298 Å². The molecule has 0 fully saturated rings. The third kappa shape index (κ3) is 4.70. The number of hydrogen-bond acceptors (Lipinski definition) is 2. The Morgan fingerprint density at radius 1 is 0.353 bits per heavy atom. The van der Waals surface area contributed by atoms with Crippen LogP contribution in [0.2, 0.25) is 13.1 Å². The maximum atomic E-state index is 5.36. The lowest BCUT2D eigenvalue weighted by molar-refractivity contribution is 1.20. The molecule has 10 rings (SSSR count). The summed E-state index contributed by atoms with van der Waals surface area (Å²) in [6.45, 7) is 4.86. The Bertz CT molecular complexity index is 2800. The second-order valence-electron chi connectivity index (χ2n) is 14.2. The van der Waals surface area contributed by atoms with E-state index in [0.29, 0.717) is 0 Å². The topological polar surface area (TPSA) is 25.8 Å². The van der Waals surface area contributed by atoms with E-state index in [4.69, 9.17) is 9.97 Å². The van der Waals surface area contributed by atoms with Gasteiger partial charge in [0.25, 0.3) is 0 Å². The Morgan fingerprint density at radius 2 is 0.824 bits per heavy atom. The van der Waals surface area contributed by atoms with E-state index in [1.807, 2.05) is 0 Å². The van der Waals surface area contributed by atoms with E-state index in [2.05, 4.69) is 183 Å². The molecule has 9 aromatic rings. The van der Waals surface area contributed by atoms with Gasteiger partial charge in [-0.2, -0.15) is 0 Å². The minimum atomic E-state index is -2.01. The van der Waals surface area contributed by atoms with E-state index >= 15 is 0 Å². The molecule has 3 heteroatoms. The van der Waals surface area contributed by atoms with Crippen molar-refractivity contribution >= 4 is 50.8 Å². The average Bonchev–Trinajstić information content (AvgIpc) is 3.44. The van der Waals surface area contributed by atoms with Crippen LogP contribution in [0, 0.1) is 0 Å². The molecule has 0 saturated carbocycles. The van der Waals surface area contributed by atoms with Crippen molar-refractivity contribution in [1.29, 1.82) is 0 Å². The van der Waals surface area contributed by atoms with Gasteiger partial charge in [-0.15, -0.1) is 0 Å². The molecule has 2 heterocycles. The van der Waals surface area contributed by atoms with Crippen molar-refractivity contribution in [2.75, 3.05) is 0 Å². The molecule has 0 N–H and O–H groups in total. The van der Waals surface area contributed by atoms with Crippen molar-refractivity contribution in [2.45, 2.75) is 13.1 Å². The second-order valence-corrected chi connectivity index (χ2v) is 18.5. The van der Waals surface area contributed by atoms with Gasteiger partial charge in [0.05, 0.1) is 11.4 Å². The molecule has 0 bridgehead atoms. The van der Waals surface area contributed by atoms with Gasteiger partial charge in [0, 0.05) is 11.1 Å². The molecule has 2 nitrogen and oxygen atoms in total. The fraction of sp³-hybridized carbons (Fsp3) is 0.0417. The molecular formula is C48H34N2Si. The summed E-state index contributed by atoms with van der Waals surface area (Å²) in [4.78, 5) is 10.7. The second kappa shape index (κ2) is 11.4. The molecule has 0 radical (unpaired) electrons. The lowest BCUT2D eigenvalue weighted by atomic mass is 9.91. The van der Waals surface area contributed by atoms with Gasteiger partial charge in [0.2, 0.25) is 0 Å². The predicted molar refractivity (Wildman–Crippen MR) is 218 cm³/mol. The van der Waals surface area contributed by atoms with Gasteiger partial charge in [0.1, 0.15) is 8.07 Å². The number of aromatic nitrogens is 2. The van der Waals surface area contributed by atoms with E-state index < -0.39 is 8.07 Å². The van der Waals surface area contributed by atoms with E-state index in [-0.39, 0.29) is 0 Å². The molecule has 0 saturated heterocycles. The van der Waals surface area contributed by atoms with Crippen molar-refractivity contribution < 1.29 is 0 Å². The van der Waals surface area contributed by atoms with Gasteiger partial charge < -0.3 is 0 Å². The normalized spacial score (nSPS) is 13.1. The van der Waals surface area contributed by atoms with Crippen LogP contribution in [-0.4, -0.2) is 18.0 Å². The molecule has 0 amide bonds. The Balaban J connectivity index is 1.09. The van der Waals surface area contributed by atoms with Gasteiger partial charge in [-0.25, -0.2) is 9.97 Å². The zero-order valence-corrected chi connectivity index (χ0v) is 29.6. The molecule has 8 aromatic carbocycles. The number of nitrogens with zero attached hydrogens (tertiary/aromatic N) is 2. The van der Waals surface area contributed by atoms with Crippen LogP contribution in [0.15, 0.2) is 170 Å². The Morgan fingerprint density at radius 3 is 1.49 bits per heavy atom. The summed E-state index contributed by atoms with van der Waals surface area (Å²) < 4.78 is 0. The van der Waals surface area contributed by atoms with Gasteiger partial charge in [-0.1, -0.05) is 165 Å². The number of benzene rings is 8. The van der Waals surface area contributed by atoms with Crippen LogP contribution in [0.5, 0.6) is 0 Å². The highest BCUT2D eigenvalue weighted by molar-refractivity contribution is 7.04. The first-order valence-corrected chi connectivity index (χ1v) is 20.7. The van der Waals surface area contributed by atoms with Gasteiger partial charge in [-0.3, -0.25) is 0 Å². The molecule has 240 valence electrons. The smallest absolute Gasteiger partial charge is 0.160 e. The van der Waals surface area contributed by atoms with Gasteiger partial charge in [-0.05, 0) is 88.7 Å². The lowest BCUT2D eigenvalue weighted by Gasteiger charge is -2.21. The van der Waals surface area contributed by atoms with E-state index in [1.165, 1.54) is 64.9 Å². The largest absolute Gasteiger partial charge is 0.228 e. The van der Waals surface area contributed by atoms with Crippen molar-refractivity contribution in [2.24, 2.45) is 0 Å². The summed E-state index contributed by atoms with van der Waals surface area (Å²) in [5.74, 6) is 0.765. The van der Waals surface area contributed by atoms with Crippen molar-refractivity contribution in [3.8, 4) is 56.2 Å². The summed E-state index contributed by atoms with van der Waals surface area (Å²) in [6.07, 6.45) is 0. The predicted octanol–water partition coefficient (Wildman–Crippen LogP) is 11.4. The standard InChI is InChI=1S/C48H34N2Si/c1-51(2)44-25-11-10-24-42(44)46-47(51)45(31-14-4-3-5-15-31)49-48(50-46)36-19-13-18-34(29-36)32-16-12-17-33(28-32)35-26-27-41-39-22-7-6-20-37(39)38-21-8-9-23-40(38)43(41)30-35/h3-30H,1-2H3. The fourth-order valence-corrected chi connectivity index (χ4v) is 11.6. The molecule has 51 heavy (non-hydrogen) atoms. The van der Waals surface area contributed by atoms with Crippen LogP contribution < -0.4 is 10.4 Å². The molecule has 0 unspecified atom stereocenters. The maximum Gasteiger partial charge on any atom is 0.160 e. The summed E-state index contributed by atoms with van der Waals surface area (Å²) >= 11 is 0. The monoisotopic (exact) mass is 666 g/mol. The summed E-state index contributed by atoms with van der Waals surface area (Å²) in [5, 5.41) is 10.5. The van der Waals surface area contributed by atoms with E-state index in [1.54, 1.807) is 0 Å². The van der Waals surface area contributed by atoms with E-state index in [0.717, 1.165) is 33.9 Å². The van der Waals surface area contributed by atoms with Crippen LogP contribution >= 0.6 is 0 Å². The van der Waals surface area contributed by atoms with Crippen molar-refractivity contribution in [3.63, 3.8) is 0 Å². The van der Waals surface area contributed by atoms with Crippen LogP contribution in [0.1, 0.15) is 0 Å². The average molecular weight is 667 g/mol. The molecule has 0 atom stereocenters. The molecule has 0 aliphatic carbocycles. The summed E-state index contributed by atoms with van der Waals surface area (Å²) in [7, 11) is -2.01. The van der Waals surface area contributed by atoms with Crippen LogP contribution in [0.3, 0.4) is 0 Å². The van der Waals surface area contributed by atoms with Gasteiger partial charge in [0.15, 0.2) is 5.82 Å². The van der Waals surface area contributed by atoms with Crippen molar-refractivity contribution in [1.82, 2.24) is 9.97 Å². The zero-order chi connectivity index (χ0) is 34.1. The molecule has 1 aliphatic rings. The number of rotatable bonds is 4. The van der Waals surface area contributed by atoms with Crippen LogP contribution in [0.4, 0.5) is 0 Å². The Hall–Kier alpha value is -6.16. The van der Waals surface area contributed by atoms with Crippen LogP contribution in [-0.2, 0) is 0 Å². The molecule has 1 aromatic heterocycles. The third-order valence-electron chi connectivity index (χ3n) is 10.8. The highest BCUT2D eigenvalue weighted by atomic mass is 28.3. The molecule has 0 spiro atoms. The molecule has 1 aliphatic heterocycles. The quantitative estimate of drug-likeness (QED) is 0.138. The highest BCUT2D eigenvalue weighted by Gasteiger charge is 2.41. The zero-order valence-electron chi connectivity index (χ0n) is 28.6. The van der Waals surface area contributed by atoms with Crippen LogP contribution in [0.25, 0.3) is 88.5 Å².